The molecule has 2 aromatic rings. The van der Waals surface area contributed by atoms with E-state index in [4.69, 9.17) is 11.6 Å². The van der Waals surface area contributed by atoms with Gasteiger partial charge in [-0.05, 0) is 46.6 Å². The summed E-state index contributed by atoms with van der Waals surface area (Å²) in [6, 6.07) is 4.47. The van der Waals surface area contributed by atoms with Crippen LogP contribution in [0.25, 0.3) is 0 Å². The Morgan fingerprint density at radius 1 is 1.35 bits per heavy atom. The highest BCUT2D eigenvalue weighted by Crippen LogP contribution is 2.29. The molecule has 0 amide bonds. The van der Waals surface area contributed by atoms with Gasteiger partial charge in [-0.25, -0.2) is 14.4 Å². The fraction of sp³-hybridized carbons (Fsp3) is 0.0909. The van der Waals surface area contributed by atoms with E-state index >= 15 is 0 Å². The molecule has 1 heterocycles. The van der Waals surface area contributed by atoms with E-state index in [1.165, 1.54) is 18.5 Å². The van der Waals surface area contributed by atoms with Crippen molar-refractivity contribution in [2.24, 2.45) is 0 Å². The molecule has 0 unspecified atom stereocenters. The summed E-state index contributed by atoms with van der Waals surface area (Å²) < 4.78 is 13.5. The fourth-order valence-electron chi connectivity index (χ4n) is 1.33. The second-order valence-corrected chi connectivity index (χ2v) is 4.56. The van der Waals surface area contributed by atoms with Gasteiger partial charge in [0, 0.05) is 5.69 Å². The van der Waals surface area contributed by atoms with E-state index in [0.29, 0.717) is 15.4 Å². The maximum atomic E-state index is 12.9. The second-order valence-electron chi connectivity index (χ2n) is 3.41. The molecule has 1 aromatic carbocycles. The number of aromatic nitrogens is 2. The Morgan fingerprint density at radius 3 is 2.82 bits per heavy atom. The van der Waals surface area contributed by atoms with Crippen molar-refractivity contribution >= 4 is 39.0 Å². The maximum absolute atomic E-state index is 12.9. The summed E-state index contributed by atoms with van der Waals surface area (Å²) in [5.74, 6) is 0.271. The van der Waals surface area contributed by atoms with E-state index in [1.54, 1.807) is 6.07 Å². The van der Waals surface area contributed by atoms with Gasteiger partial charge in [0.15, 0.2) is 0 Å². The van der Waals surface area contributed by atoms with Gasteiger partial charge < -0.3 is 5.32 Å². The van der Waals surface area contributed by atoms with Crippen molar-refractivity contribution in [1.82, 2.24) is 9.97 Å². The third-order valence-electron chi connectivity index (χ3n) is 2.19. The van der Waals surface area contributed by atoms with Crippen LogP contribution in [0.4, 0.5) is 15.9 Å². The number of rotatable bonds is 2. The van der Waals surface area contributed by atoms with Crippen molar-refractivity contribution in [3.8, 4) is 0 Å². The largest absolute Gasteiger partial charge is 0.339 e. The third-order valence-corrected chi connectivity index (χ3v) is 3.45. The molecule has 0 atom stereocenters. The SMILES string of the molecule is Cc1cc(F)ccc1Nc1ncnc(Cl)c1Br. The number of halogens is 3. The Hall–Kier alpha value is -1.20. The van der Waals surface area contributed by atoms with Gasteiger partial charge in [-0.3, -0.25) is 0 Å². The summed E-state index contributed by atoms with van der Waals surface area (Å²) >= 11 is 9.13. The number of aryl methyl sites for hydroxylation is 1. The number of hydrogen-bond donors (Lipinski definition) is 1. The molecule has 88 valence electrons. The van der Waals surface area contributed by atoms with Crippen molar-refractivity contribution in [2.45, 2.75) is 6.92 Å². The first-order valence-corrected chi connectivity index (χ1v) is 5.94. The number of nitrogens with zero attached hydrogens (tertiary/aromatic N) is 2. The van der Waals surface area contributed by atoms with Crippen LogP contribution < -0.4 is 5.32 Å². The Morgan fingerprint density at radius 2 is 2.12 bits per heavy atom. The van der Waals surface area contributed by atoms with Crippen LogP contribution in [-0.2, 0) is 0 Å². The molecule has 0 saturated carbocycles. The summed E-state index contributed by atoms with van der Waals surface area (Å²) in [6.07, 6.45) is 1.36. The summed E-state index contributed by atoms with van der Waals surface area (Å²) in [7, 11) is 0. The number of benzene rings is 1. The van der Waals surface area contributed by atoms with Gasteiger partial charge in [0.25, 0.3) is 0 Å². The Labute approximate surface area is 111 Å². The minimum Gasteiger partial charge on any atom is -0.339 e. The molecule has 0 radical (unpaired) electrons. The lowest BCUT2D eigenvalue weighted by Gasteiger charge is -2.10. The summed E-state index contributed by atoms with van der Waals surface area (Å²) in [5, 5.41) is 3.38. The summed E-state index contributed by atoms with van der Waals surface area (Å²) in [4.78, 5) is 7.88. The minimum atomic E-state index is -0.271. The van der Waals surface area contributed by atoms with E-state index in [-0.39, 0.29) is 5.82 Å². The fourth-order valence-corrected chi connectivity index (χ4v) is 1.77. The van der Waals surface area contributed by atoms with Gasteiger partial charge in [0.1, 0.15) is 23.1 Å². The van der Waals surface area contributed by atoms with E-state index in [0.717, 1.165) is 11.3 Å². The van der Waals surface area contributed by atoms with E-state index in [1.807, 2.05) is 6.92 Å². The second kappa shape index (κ2) is 4.98. The lowest BCUT2D eigenvalue weighted by atomic mass is 10.2. The van der Waals surface area contributed by atoms with Crippen LogP contribution in [0.2, 0.25) is 5.15 Å². The first kappa shape index (κ1) is 12.3. The molecule has 1 aromatic heterocycles. The average Bonchev–Trinajstić information content (AvgIpc) is 2.28. The predicted octanol–water partition coefficient (Wildman–Crippen LogP) is 4.08. The Bertz CT molecular complexity index is 562. The van der Waals surface area contributed by atoms with Gasteiger partial charge in [-0.1, -0.05) is 11.6 Å². The minimum absolute atomic E-state index is 0.271. The molecule has 0 spiro atoms. The van der Waals surface area contributed by atoms with Crippen LogP contribution >= 0.6 is 27.5 Å². The highest BCUT2D eigenvalue weighted by Gasteiger charge is 2.08. The van der Waals surface area contributed by atoms with Crippen molar-refractivity contribution in [1.29, 1.82) is 0 Å². The van der Waals surface area contributed by atoms with E-state index < -0.39 is 0 Å². The first-order chi connectivity index (χ1) is 8.08. The van der Waals surface area contributed by atoms with E-state index in [2.05, 4.69) is 31.2 Å². The van der Waals surface area contributed by atoms with Gasteiger partial charge in [-0.2, -0.15) is 0 Å². The molecule has 2 rings (SSSR count). The van der Waals surface area contributed by atoms with Gasteiger partial charge >= 0.3 is 0 Å². The van der Waals surface area contributed by atoms with Gasteiger partial charge in [0.2, 0.25) is 0 Å². The zero-order chi connectivity index (χ0) is 12.4. The van der Waals surface area contributed by atoms with Crippen LogP contribution in [0.5, 0.6) is 0 Å². The molecule has 3 nitrogen and oxygen atoms in total. The predicted molar refractivity (Wildman–Crippen MR) is 69.2 cm³/mol. The van der Waals surface area contributed by atoms with Crippen LogP contribution in [0, 0.1) is 12.7 Å². The number of nitrogens with one attached hydrogen (secondary N) is 1. The summed E-state index contributed by atoms with van der Waals surface area (Å²) in [5.41, 5.74) is 1.55. The Kier molecular flexibility index (Phi) is 3.59. The third kappa shape index (κ3) is 2.73. The monoisotopic (exact) mass is 315 g/mol. The lowest BCUT2D eigenvalue weighted by molar-refractivity contribution is 0.627. The molecule has 17 heavy (non-hydrogen) atoms. The standard InChI is InChI=1S/C11H8BrClFN3/c1-6-4-7(14)2-3-8(6)17-11-9(12)10(13)15-5-16-11/h2-5H,1H3,(H,15,16,17). The highest BCUT2D eigenvalue weighted by molar-refractivity contribution is 9.10. The van der Waals surface area contributed by atoms with Crippen molar-refractivity contribution in [2.75, 3.05) is 5.32 Å². The van der Waals surface area contributed by atoms with Gasteiger partial charge in [-0.15, -0.1) is 0 Å². The quantitative estimate of drug-likeness (QED) is 0.848. The Balaban J connectivity index is 2.35. The molecule has 6 heteroatoms. The van der Waals surface area contributed by atoms with E-state index in [9.17, 15) is 4.39 Å². The zero-order valence-corrected chi connectivity index (χ0v) is 11.2. The molecular weight excluding hydrogens is 308 g/mol. The first-order valence-electron chi connectivity index (χ1n) is 4.77. The topological polar surface area (TPSA) is 37.8 Å². The number of anilines is 2. The molecule has 0 aliphatic heterocycles. The highest BCUT2D eigenvalue weighted by atomic mass is 79.9. The lowest BCUT2D eigenvalue weighted by Crippen LogP contribution is -1.98. The van der Waals surface area contributed by atoms with Crippen LogP contribution in [0.3, 0.4) is 0 Å². The van der Waals surface area contributed by atoms with Crippen LogP contribution in [-0.4, -0.2) is 9.97 Å². The van der Waals surface area contributed by atoms with Crippen LogP contribution in [0.1, 0.15) is 5.56 Å². The van der Waals surface area contributed by atoms with Crippen molar-refractivity contribution < 1.29 is 4.39 Å². The molecule has 1 N–H and O–H groups in total. The average molecular weight is 317 g/mol. The molecular formula is C11H8BrClFN3. The normalized spacial score (nSPS) is 10.4. The van der Waals surface area contributed by atoms with Crippen molar-refractivity contribution in [3.63, 3.8) is 0 Å². The maximum Gasteiger partial charge on any atom is 0.149 e. The molecule has 0 bridgehead atoms. The summed E-state index contributed by atoms with van der Waals surface area (Å²) in [6.45, 7) is 1.81. The zero-order valence-electron chi connectivity index (χ0n) is 8.84. The molecule has 0 aliphatic carbocycles. The molecule has 0 saturated heterocycles. The molecule has 0 aliphatic rings. The molecule has 0 fully saturated rings. The smallest absolute Gasteiger partial charge is 0.149 e. The van der Waals surface area contributed by atoms with Crippen LogP contribution in [0.15, 0.2) is 29.0 Å². The van der Waals surface area contributed by atoms with Gasteiger partial charge in [0.05, 0.1) is 4.47 Å². The number of hydrogen-bond acceptors (Lipinski definition) is 3. The van der Waals surface area contributed by atoms with Crippen molar-refractivity contribution in [3.05, 3.63) is 45.5 Å².